The van der Waals surface area contributed by atoms with E-state index in [1.807, 2.05) is 44.2 Å². The maximum Gasteiger partial charge on any atom is 0.311 e. The maximum absolute atomic E-state index is 10.9. The summed E-state index contributed by atoms with van der Waals surface area (Å²) in [5.41, 5.74) is 1.15. The van der Waals surface area contributed by atoms with E-state index in [4.69, 9.17) is 0 Å². The van der Waals surface area contributed by atoms with Gasteiger partial charge in [-0.2, -0.15) is 0 Å². The molecule has 6 nitrogen and oxygen atoms in total. The molecule has 0 aromatic heterocycles. The molecule has 0 bridgehead atoms. The molecular formula is C18H22N2O4. The molecule has 0 saturated carbocycles. The summed E-state index contributed by atoms with van der Waals surface area (Å²) in [5, 5.41) is 30.9. The van der Waals surface area contributed by atoms with Crippen LogP contribution in [0.25, 0.3) is 0 Å². The molecule has 0 saturated heterocycles. The minimum Gasteiger partial charge on any atom is -0.502 e. The van der Waals surface area contributed by atoms with Crippen molar-refractivity contribution in [3.8, 4) is 5.75 Å². The van der Waals surface area contributed by atoms with Crippen molar-refractivity contribution in [1.29, 1.82) is 0 Å². The highest BCUT2D eigenvalue weighted by Crippen LogP contribution is 2.29. The number of aliphatic hydroxyl groups is 1. The second-order valence-electron chi connectivity index (χ2n) is 6.03. The van der Waals surface area contributed by atoms with E-state index in [0.717, 1.165) is 5.56 Å². The zero-order valence-electron chi connectivity index (χ0n) is 13.8. The summed E-state index contributed by atoms with van der Waals surface area (Å²) in [4.78, 5) is 12.4. The molecular weight excluding hydrogens is 308 g/mol. The number of aromatic hydroxyl groups is 1. The highest BCUT2D eigenvalue weighted by Gasteiger charge is 2.20. The Balaban J connectivity index is 2.14. The summed E-state index contributed by atoms with van der Waals surface area (Å²) in [7, 11) is 0. The van der Waals surface area contributed by atoms with Gasteiger partial charge in [0.1, 0.15) is 0 Å². The minimum atomic E-state index is -0.879. The molecule has 2 aromatic rings. The van der Waals surface area contributed by atoms with Gasteiger partial charge in [-0.15, -0.1) is 0 Å². The molecule has 0 amide bonds. The van der Waals surface area contributed by atoms with Gasteiger partial charge in [0, 0.05) is 25.2 Å². The van der Waals surface area contributed by atoms with Crippen molar-refractivity contribution in [2.45, 2.75) is 32.5 Å². The Kier molecular flexibility index (Phi) is 5.89. The number of nitrogens with zero attached hydrogens (tertiary/aromatic N) is 2. The predicted molar refractivity (Wildman–Crippen MR) is 91.7 cm³/mol. The van der Waals surface area contributed by atoms with Crippen LogP contribution in [0.3, 0.4) is 0 Å². The molecule has 2 N–H and O–H groups in total. The number of hydrogen-bond acceptors (Lipinski definition) is 5. The average Bonchev–Trinajstić information content (AvgIpc) is 2.55. The van der Waals surface area contributed by atoms with Crippen LogP contribution in [0.5, 0.6) is 5.75 Å². The number of phenols is 1. The van der Waals surface area contributed by atoms with Crippen molar-refractivity contribution in [1.82, 2.24) is 4.90 Å². The van der Waals surface area contributed by atoms with Gasteiger partial charge in [0.05, 0.1) is 11.0 Å². The Morgan fingerprint density at radius 1 is 1.17 bits per heavy atom. The molecule has 0 aliphatic heterocycles. The largest absolute Gasteiger partial charge is 0.502 e. The molecule has 0 aliphatic rings. The molecule has 2 aromatic carbocycles. The second-order valence-corrected chi connectivity index (χ2v) is 6.03. The van der Waals surface area contributed by atoms with E-state index in [1.54, 1.807) is 0 Å². The normalized spacial score (nSPS) is 12.5. The van der Waals surface area contributed by atoms with Gasteiger partial charge in [-0.1, -0.05) is 36.4 Å². The highest BCUT2D eigenvalue weighted by atomic mass is 16.6. The molecule has 1 unspecified atom stereocenters. The predicted octanol–water partition coefficient (Wildman–Crippen LogP) is 3.24. The highest BCUT2D eigenvalue weighted by molar-refractivity contribution is 5.48. The molecule has 6 heteroatoms. The summed E-state index contributed by atoms with van der Waals surface area (Å²) in [5.74, 6) is -0.402. The molecule has 2 rings (SSSR count). The SMILES string of the molecule is CC(C)N(Cc1ccccc1)CC(O)c1ccc(O)c([N+](=O)[O-])c1. The molecule has 0 spiro atoms. The zero-order valence-corrected chi connectivity index (χ0v) is 13.8. The summed E-state index contributed by atoms with van der Waals surface area (Å²) in [6.07, 6.45) is -0.879. The summed E-state index contributed by atoms with van der Waals surface area (Å²) in [6.45, 7) is 5.09. The van der Waals surface area contributed by atoms with Crippen molar-refractivity contribution in [3.63, 3.8) is 0 Å². The van der Waals surface area contributed by atoms with Gasteiger partial charge >= 0.3 is 5.69 Å². The first-order valence-electron chi connectivity index (χ1n) is 7.82. The van der Waals surface area contributed by atoms with E-state index in [-0.39, 0.29) is 6.04 Å². The number of benzene rings is 2. The van der Waals surface area contributed by atoms with Crippen LogP contribution < -0.4 is 0 Å². The van der Waals surface area contributed by atoms with Crippen molar-refractivity contribution < 1.29 is 15.1 Å². The van der Waals surface area contributed by atoms with Crippen LogP contribution >= 0.6 is 0 Å². The third kappa shape index (κ3) is 4.53. The number of phenolic OH excluding ortho intramolecular Hbond substituents is 1. The topological polar surface area (TPSA) is 86.8 Å². The lowest BCUT2D eigenvalue weighted by atomic mass is 10.1. The maximum atomic E-state index is 10.9. The van der Waals surface area contributed by atoms with Crippen LogP contribution in [0.15, 0.2) is 48.5 Å². The second kappa shape index (κ2) is 7.90. The summed E-state index contributed by atoms with van der Waals surface area (Å²) in [6, 6.07) is 14.1. The molecule has 0 heterocycles. The number of nitro benzene ring substituents is 1. The lowest BCUT2D eigenvalue weighted by Gasteiger charge is -2.29. The van der Waals surface area contributed by atoms with E-state index in [0.29, 0.717) is 18.7 Å². The van der Waals surface area contributed by atoms with Gasteiger partial charge in [0.2, 0.25) is 0 Å². The molecule has 0 aliphatic carbocycles. The molecule has 0 fully saturated rings. The third-order valence-electron chi connectivity index (χ3n) is 3.95. The molecule has 128 valence electrons. The zero-order chi connectivity index (χ0) is 17.7. The van der Waals surface area contributed by atoms with E-state index < -0.39 is 22.5 Å². The van der Waals surface area contributed by atoms with Crippen molar-refractivity contribution >= 4 is 5.69 Å². The first kappa shape index (κ1) is 17.9. The van der Waals surface area contributed by atoms with Crippen LogP contribution in [0.4, 0.5) is 5.69 Å². The Bertz CT molecular complexity index is 689. The van der Waals surface area contributed by atoms with Gasteiger partial charge in [-0.3, -0.25) is 15.0 Å². The van der Waals surface area contributed by atoms with Gasteiger partial charge in [-0.05, 0) is 31.0 Å². The first-order chi connectivity index (χ1) is 11.4. The van der Waals surface area contributed by atoms with Crippen LogP contribution in [-0.2, 0) is 6.54 Å². The average molecular weight is 330 g/mol. The van der Waals surface area contributed by atoms with Crippen molar-refractivity contribution in [2.24, 2.45) is 0 Å². The number of hydrogen-bond donors (Lipinski definition) is 2. The van der Waals surface area contributed by atoms with Crippen LogP contribution in [-0.4, -0.2) is 32.6 Å². The molecule has 1 atom stereocenters. The standard InChI is InChI=1S/C18H22N2O4/c1-13(2)19(11-14-6-4-3-5-7-14)12-18(22)15-8-9-17(21)16(10-15)20(23)24/h3-10,13,18,21-22H,11-12H2,1-2H3. The van der Waals surface area contributed by atoms with Crippen molar-refractivity contribution in [2.75, 3.05) is 6.54 Å². The summed E-state index contributed by atoms with van der Waals surface area (Å²) < 4.78 is 0. The smallest absolute Gasteiger partial charge is 0.311 e. The van der Waals surface area contributed by atoms with Gasteiger partial charge in [0.25, 0.3) is 0 Å². The van der Waals surface area contributed by atoms with Gasteiger partial charge in [0.15, 0.2) is 5.75 Å². The quantitative estimate of drug-likeness (QED) is 0.601. The van der Waals surface area contributed by atoms with E-state index >= 15 is 0 Å². The Morgan fingerprint density at radius 2 is 1.83 bits per heavy atom. The summed E-state index contributed by atoms with van der Waals surface area (Å²) >= 11 is 0. The van der Waals surface area contributed by atoms with Crippen LogP contribution in [0, 0.1) is 10.1 Å². The Hall–Kier alpha value is -2.44. The van der Waals surface area contributed by atoms with Gasteiger partial charge < -0.3 is 10.2 Å². The fourth-order valence-corrected chi connectivity index (χ4v) is 2.50. The first-order valence-corrected chi connectivity index (χ1v) is 7.82. The molecule has 24 heavy (non-hydrogen) atoms. The minimum absolute atomic E-state index is 0.201. The van der Waals surface area contributed by atoms with E-state index in [1.165, 1.54) is 18.2 Å². The van der Waals surface area contributed by atoms with E-state index in [2.05, 4.69) is 4.90 Å². The van der Waals surface area contributed by atoms with Crippen molar-refractivity contribution in [3.05, 3.63) is 69.8 Å². The fraction of sp³-hybridized carbons (Fsp3) is 0.333. The Labute approximate surface area is 141 Å². The van der Waals surface area contributed by atoms with Crippen LogP contribution in [0.1, 0.15) is 31.1 Å². The Morgan fingerprint density at radius 3 is 2.42 bits per heavy atom. The fourth-order valence-electron chi connectivity index (χ4n) is 2.50. The number of nitro groups is 1. The van der Waals surface area contributed by atoms with Crippen LogP contribution in [0.2, 0.25) is 0 Å². The number of aliphatic hydroxyl groups excluding tert-OH is 1. The lowest BCUT2D eigenvalue weighted by Crippen LogP contribution is -2.34. The monoisotopic (exact) mass is 330 g/mol. The lowest BCUT2D eigenvalue weighted by molar-refractivity contribution is -0.386. The van der Waals surface area contributed by atoms with E-state index in [9.17, 15) is 20.3 Å². The third-order valence-corrected chi connectivity index (χ3v) is 3.95. The number of rotatable bonds is 7. The van der Waals surface area contributed by atoms with Gasteiger partial charge in [-0.25, -0.2) is 0 Å². The molecule has 0 radical (unpaired) electrons.